The quantitative estimate of drug-likeness (QED) is 0.885. The van der Waals surface area contributed by atoms with Crippen molar-refractivity contribution < 1.29 is 18.0 Å². The maximum Gasteiger partial charge on any atom is 0.434 e. The van der Waals surface area contributed by atoms with E-state index in [9.17, 15) is 18.0 Å². The molecular formula is C12H8F3N3OS. The number of pyridine rings is 1. The van der Waals surface area contributed by atoms with Crippen LogP contribution in [0.3, 0.4) is 0 Å². The first kappa shape index (κ1) is 14.2. The third-order valence-electron chi connectivity index (χ3n) is 2.14. The van der Waals surface area contributed by atoms with Crippen molar-refractivity contribution in [2.45, 2.75) is 6.18 Å². The van der Waals surface area contributed by atoms with Crippen LogP contribution in [0.5, 0.6) is 0 Å². The first-order valence-electron chi connectivity index (χ1n) is 5.37. The van der Waals surface area contributed by atoms with Gasteiger partial charge >= 0.3 is 6.18 Å². The van der Waals surface area contributed by atoms with Crippen molar-refractivity contribution in [3.63, 3.8) is 0 Å². The van der Waals surface area contributed by atoms with E-state index in [2.05, 4.69) is 15.3 Å². The fourth-order valence-electron chi connectivity index (χ4n) is 1.25. The number of carbonyl (C=O) groups excluding carboxylic acids is 1. The van der Waals surface area contributed by atoms with Gasteiger partial charge in [0.15, 0.2) is 10.8 Å². The molecule has 0 aliphatic heterocycles. The maximum absolute atomic E-state index is 12.3. The summed E-state index contributed by atoms with van der Waals surface area (Å²) in [6.45, 7) is 0. The van der Waals surface area contributed by atoms with Crippen molar-refractivity contribution in [3.8, 4) is 0 Å². The summed E-state index contributed by atoms with van der Waals surface area (Å²) in [5.41, 5.74) is -0.313. The minimum Gasteiger partial charge on any atom is -0.298 e. The molecule has 104 valence electrons. The van der Waals surface area contributed by atoms with Crippen molar-refractivity contribution >= 4 is 28.5 Å². The van der Waals surface area contributed by atoms with Gasteiger partial charge in [0.2, 0.25) is 5.91 Å². The minimum atomic E-state index is -4.51. The van der Waals surface area contributed by atoms with Crippen LogP contribution < -0.4 is 5.32 Å². The second-order valence-electron chi connectivity index (χ2n) is 3.64. The van der Waals surface area contributed by atoms with Crippen LogP contribution in [0.25, 0.3) is 6.08 Å². The summed E-state index contributed by atoms with van der Waals surface area (Å²) < 4.78 is 37.0. The predicted octanol–water partition coefficient (Wildman–Crippen LogP) is 3.21. The van der Waals surface area contributed by atoms with Gasteiger partial charge in [0, 0.05) is 23.8 Å². The van der Waals surface area contributed by atoms with Gasteiger partial charge in [-0.3, -0.25) is 15.1 Å². The third-order valence-corrected chi connectivity index (χ3v) is 2.89. The van der Waals surface area contributed by atoms with E-state index in [-0.39, 0.29) is 5.13 Å². The zero-order valence-electron chi connectivity index (χ0n) is 9.89. The van der Waals surface area contributed by atoms with E-state index < -0.39 is 17.8 Å². The average Bonchev–Trinajstić information content (AvgIpc) is 2.86. The van der Waals surface area contributed by atoms with Crippen molar-refractivity contribution in [2.75, 3.05) is 5.32 Å². The van der Waals surface area contributed by atoms with E-state index in [1.165, 1.54) is 12.2 Å². The van der Waals surface area contributed by atoms with Gasteiger partial charge in [0.25, 0.3) is 0 Å². The molecule has 2 aromatic heterocycles. The molecule has 8 heteroatoms. The van der Waals surface area contributed by atoms with E-state index in [4.69, 9.17) is 0 Å². The SMILES string of the molecule is O=C(/C=C/c1cccnc1)Nc1nc(C(F)(F)F)cs1. The Labute approximate surface area is 116 Å². The molecule has 1 N–H and O–H groups in total. The van der Waals surface area contributed by atoms with Gasteiger partial charge in [-0.15, -0.1) is 11.3 Å². The largest absolute Gasteiger partial charge is 0.434 e. The number of nitrogens with one attached hydrogen (secondary N) is 1. The Kier molecular flexibility index (Phi) is 4.14. The summed E-state index contributed by atoms with van der Waals surface area (Å²) in [5, 5.41) is 3.01. The Balaban J connectivity index is 1.98. The van der Waals surface area contributed by atoms with E-state index in [0.717, 1.165) is 16.7 Å². The summed E-state index contributed by atoms with van der Waals surface area (Å²) in [6.07, 6.45) is 1.33. The topological polar surface area (TPSA) is 54.9 Å². The fraction of sp³-hybridized carbons (Fsp3) is 0.0833. The Morgan fingerprint density at radius 3 is 2.80 bits per heavy atom. The summed E-state index contributed by atoms with van der Waals surface area (Å²) in [6, 6.07) is 3.44. The summed E-state index contributed by atoms with van der Waals surface area (Å²) >= 11 is 0.717. The Morgan fingerprint density at radius 1 is 1.40 bits per heavy atom. The molecule has 0 unspecified atom stereocenters. The molecule has 2 aromatic rings. The standard InChI is InChI=1S/C12H8F3N3OS/c13-12(14,15)9-7-20-11(17-9)18-10(19)4-3-8-2-1-5-16-6-8/h1-7H,(H,17,18,19)/b4-3+. The van der Waals surface area contributed by atoms with Gasteiger partial charge < -0.3 is 0 Å². The first-order valence-corrected chi connectivity index (χ1v) is 6.25. The molecule has 0 saturated heterocycles. The molecule has 0 spiro atoms. The molecule has 20 heavy (non-hydrogen) atoms. The smallest absolute Gasteiger partial charge is 0.298 e. The molecule has 0 aromatic carbocycles. The number of anilines is 1. The zero-order chi connectivity index (χ0) is 14.6. The van der Waals surface area contributed by atoms with Gasteiger partial charge in [-0.25, -0.2) is 4.98 Å². The van der Waals surface area contributed by atoms with Gasteiger partial charge in [0.1, 0.15) is 0 Å². The number of amides is 1. The molecular weight excluding hydrogens is 291 g/mol. The molecule has 1 amide bonds. The van der Waals surface area contributed by atoms with Crippen LogP contribution in [0, 0.1) is 0 Å². The maximum atomic E-state index is 12.3. The normalized spacial score (nSPS) is 11.8. The highest BCUT2D eigenvalue weighted by molar-refractivity contribution is 7.14. The first-order chi connectivity index (χ1) is 9.45. The van der Waals surface area contributed by atoms with Crippen molar-refractivity contribution in [3.05, 3.63) is 47.2 Å². The van der Waals surface area contributed by atoms with Gasteiger partial charge in [0.05, 0.1) is 0 Å². The lowest BCUT2D eigenvalue weighted by atomic mass is 10.2. The highest BCUT2D eigenvalue weighted by atomic mass is 32.1. The van der Waals surface area contributed by atoms with E-state index >= 15 is 0 Å². The van der Waals surface area contributed by atoms with Crippen molar-refractivity contribution in [2.24, 2.45) is 0 Å². The zero-order valence-corrected chi connectivity index (χ0v) is 10.7. The predicted molar refractivity (Wildman–Crippen MR) is 69.0 cm³/mol. The number of thiazole rings is 1. The second-order valence-corrected chi connectivity index (χ2v) is 4.50. The summed E-state index contributed by atoms with van der Waals surface area (Å²) in [7, 11) is 0. The van der Waals surface area contributed by atoms with E-state index in [1.54, 1.807) is 24.5 Å². The molecule has 0 radical (unpaired) electrons. The number of hydrogen-bond acceptors (Lipinski definition) is 4. The molecule has 2 rings (SSSR count). The minimum absolute atomic E-state index is 0.0989. The van der Waals surface area contributed by atoms with Crippen LogP contribution in [0.1, 0.15) is 11.3 Å². The monoisotopic (exact) mass is 299 g/mol. The molecule has 0 aliphatic carbocycles. The molecule has 0 saturated carbocycles. The van der Waals surface area contributed by atoms with Crippen molar-refractivity contribution in [1.82, 2.24) is 9.97 Å². The number of halogens is 3. The van der Waals surface area contributed by atoms with Crippen LogP contribution in [-0.2, 0) is 11.0 Å². The number of aromatic nitrogens is 2. The highest BCUT2D eigenvalue weighted by Gasteiger charge is 2.33. The lowest BCUT2D eigenvalue weighted by molar-refractivity contribution is -0.140. The average molecular weight is 299 g/mol. The van der Waals surface area contributed by atoms with E-state index in [1.807, 2.05) is 0 Å². The number of nitrogens with zero attached hydrogens (tertiary/aromatic N) is 2. The Bertz CT molecular complexity index is 622. The van der Waals surface area contributed by atoms with Gasteiger partial charge in [-0.2, -0.15) is 13.2 Å². The van der Waals surface area contributed by atoms with E-state index in [0.29, 0.717) is 5.56 Å². The van der Waals surface area contributed by atoms with Crippen LogP contribution in [0.2, 0.25) is 0 Å². The number of hydrogen-bond donors (Lipinski definition) is 1. The van der Waals surface area contributed by atoms with Crippen LogP contribution >= 0.6 is 11.3 Å². The van der Waals surface area contributed by atoms with Crippen LogP contribution in [0.4, 0.5) is 18.3 Å². The highest BCUT2D eigenvalue weighted by Crippen LogP contribution is 2.31. The Hall–Kier alpha value is -2.22. The number of alkyl halides is 3. The van der Waals surface area contributed by atoms with Gasteiger partial charge in [-0.05, 0) is 17.7 Å². The third kappa shape index (κ3) is 3.89. The molecule has 0 aliphatic rings. The number of rotatable bonds is 3. The second kappa shape index (κ2) is 5.83. The van der Waals surface area contributed by atoms with Crippen LogP contribution in [-0.4, -0.2) is 15.9 Å². The number of carbonyl (C=O) groups is 1. The van der Waals surface area contributed by atoms with Gasteiger partial charge in [-0.1, -0.05) is 6.07 Å². The summed E-state index contributed by atoms with van der Waals surface area (Å²) in [5.74, 6) is -0.558. The molecule has 4 nitrogen and oxygen atoms in total. The summed E-state index contributed by atoms with van der Waals surface area (Å²) in [4.78, 5) is 18.7. The lowest BCUT2D eigenvalue weighted by Crippen LogP contribution is -2.09. The van der Waals surface area contributed by atoms with Crippen molar-refractivity contribution in [1.29, 1.82) is 0 Å². The molecule has 0 bridgehead atoms. The molecule has 0 fully saturated rings. The fourth-order valence-corrected chi connectivity index (χ4v) is 1.98. The molecule has 0 atom stereocenters. The van der Waals surface area contributed by atoms with Crippen LogP contribution in [0.15, 0.2) is 36.0 Å². The molecule has 2 heterocycles. The Morgan fingerprint density at radius 2 is 2.20 bits per heavy atom. The lowest BCUT2D eigenvalue weighted by Gasteiger charge is -2.00.